The molecule has 0 bridgehead atoms. The van der Waals surface area contributed by atoms with Crippen molar-refractivity contribution < 1.29 is 0 Å². The minimum absolute atomic E-state index is 0.168. The van der Waals surface area contributed by atoms with Gasteiger partial charge in [0.2, 0.25) is 0 Å². The molecule has 1 aromatic carbocycles. The molecule has 20 heavy (non-hydrogen) atoms. The first-order valence-corrected chi connectivity index (χ1v) is 7.99. The fourth-order valence-corrected chi connectivity index (χ4v) is 3.68. The first-order valence-electron chi connectivity index (χ1n) is 7.18. The number of nitrogens with two attached hydrogens (primary N) is 1. The van der Waals surface area contributed by atoms with Gasteiger partial charge in [-0.3, -0.25) is 4.90 Å². The normalized spacial score (nSPS) is 14.4. The number of hydrogen-bond acceptors (Lipinski definition) is 3. The van der Waals surface area contributed by atoms with E-state index in [9.17, 15) is 0 Å². The Labute approximate surface area is 126 Å². The van der Waals surface area contributed by atoms with Crippen molar-refractivity contribution in [3.8, 4) is 0 Å². The SMILES string of the molecule is CCC(N)C(c1ccc(C)s1)N(C)Cc1ccccc1. The van der Waals surface area contributed by atoms with E-state index in [1.165, 1.54) is 15.3 Å². The lowest BCUT2D eigenvalue weighted by atomic mass is 10.0. The van der Waals surface area contributed by atoms with E-state index in [2.05, 4.69) is 68.3 Å². The summed E-state index contributed by atoms with van der Waals surface area (Å²) in [5, 5.41) is 0. The molecule has 0 spiro atoms. The zero-order valence-electron chi connectivity index (χ0n) is 12.5. The lowest BCUT2D eigenvalue weighted by Crippen LogP contribution is -2.38. The van der Waals surface area contributed by atoms with E-state index in [0.717, 1.165) is 13.0 Å². The summed E-state index contributed by atoms with van der Waals surface area (Å²) in [4.78, 5) is 5.09. The lowest BCUT2D eigenvalue weighted by Gasteiger charge is -2.31. The predicted octanol–water partition coefficient (Wildman–Crippen LogP) is 3.97. The largest absolute Gasteiger partial charge is 0.326 e. The van der Waals surface area contributed by atoms with Gasteiger partial charge >= 0.3 is 0 Å². The molecule has 2 atom stereocenters. The van der Waals surface area contributed by atoms with Crippen LogP contribution in [0.5, 0.6) is 0 Å². The minimum Gasteiger partial charge on any atom is -0.326 e. The quantitative estimate of drug-likeness (QED) is 0.871. The summed E-state index contributed by atoms with van der Waals surface area (Å²) in [6.45, 7) is 5.24. The molecular weight excluding hydrogens is 264 g/mol. The van der Waals surface area contributed by atoms with Crippen LogP contribution in [0, 0.1) is 6.92 Å². The molecule has 1 aromatic heterocycles. The van der Waals surface area contributed by atoms with Crippen molar-refractivity contribution in [3.05, 3.63) is 57.8 Å². The maximum atomic E-state index is 6.38. The van der Waals surface area contributed by atoms with E-state index in [-0.39, 0.29) is 6.04 Å². The molecule has 0 aliphatic rings. The highest BCUT2D eigenvalue weighted by atomic mass is 32.1. The third-order valence-corrected chi connectivity index (χ3v) is 4.75. The number of hydrogen-bond donors (Lipinski definition) is 1. The van der Waals surface area contributed by atoms with E-state index < -0.39 is 0 Å². The molecule has 2 N–H and O–H groups in total. The van der Waals surface area contributed by atoms with Crippen LogP contribution in [0.15, 0.2) is 42.5 Å². The van der Waals surface area contributed by atoms with Crippen LogP contribution < -0.4 is 5.73 Å². The summed E-state index contributed by atoms with van der Waals surface area (Å²) < 4.78 is 0. The van der Waals surface area contributed by atoms with Gasteiger partial charge in [0.25, 0.3) is 0 Å². The smallest absolute Gasteiger partial charge is 0.0593 e. The van der Waals surface area contributed by atoms with E-state index in [0.29, 0.717) is 6.04 Å². The highest BCUT2D eigenvalue weighted by molar-refractivity contribution is 7.12. The Kier molecular flexibility index (Phi) is 5.35. The average Bonchev–Trinajstić information content (AvgIpc) is 2.86. The van der Waals surface area contributed by atoms with Gasteiger partial charge in [-0.05, 0) is 38.1 Å². The molecule has 2 nitrogen and oxygen atoms in total. The Morgan fingerprint density at radius 1 is 1.15 bits per heavy atom. The molecule has 0 amide bonds. The second-order valence-corrected chi connectivity index (χ2v) is 6.69. The molecule has 2 rings (SSSR count). The van der Waals surface area contributed by atoms with E-state index >= 15 is 0 Å². The van der Waals surface area contributed by atoms with Crippen LogP contribution in [0.2, 0.25) is 0 Å². The van der Waals surface area contributed by atoms with Crippen LogP contribution in [0.1, 0.15) is 34.7 Å². The molecule has 0 aliphatic carbocycles. The van der Waals surface area contributed by atoms with Crippen molar-refractivity contribution in [1.82, 2.24) is 4.90 Å². The van der Waals surface area contributed by atoms with Crippen molar-refractivity contribution in [2.45, 2.75) is 38.9 Å². The summed E-state index contributed by atoms with van der Waals surface area (Å²) in [7, 11) is 2.17. The van der Waals surface area contributed by atoms with Crippen LogP contribution in [0.3, 0.4) is 0 Å². The van der Waals surface area contributed by atoms with Gasteiger partial charge in [-0.1, -0.05) is 37.3 Å². The summed E-state index contributed by atoms with van der Waals surface area (Å²) in [5.41, 5.74) is 7.71. The maximum absolute atomic E-state index is 6.38. The van der Waals surface area contributed by atoms with Gasteiger partial charge in [0.15, 0.2) is 0 Å². The average molecular weight is 288 g/mol. The number of likely N-dealkylation sites (N-methyl/N-ethyl adjacent to an activating group) is 1. The van der Waals surface area contributed by atoms with Crippen LogP contribution in [-0.4, -0.2) is 18.0 Å². The summed E-state index contributed by atoms with van der Waals surface area (Å²) in [6.07, 6.45) is 0.987. The maximum Gasteiger partial charge on any atom is 0.0593 e. The summed E-state index contributed by atoms with van der Waals surface area (Å²) in [5.74, 6) is 0. The molecule has 2 aromatic rings. The fraction of sp³-hybridized carbons (Fsp3) is 0.412. The first-order chi connectivity index (χ1) is 9.61. The minimum atomic E-state index is 0.168. The van der Waals surface area contributed by atoms with E-state index in [4.69, 9.17) is 5.73 Å². The zero-order valence-corrected chi connectivity index (χ0v) is 13.4. The van der Waals surface area contributed by atoms with E-state index in [1.54, 1.807) is 0 Å². The van der Waals surface area contributed by atoms with Gasteiger partial charge in [-0.15, -0.1) is 11.3 Å². The molecule has 0 fully saturated rings. The summed E-state index contributed by atoms with van der Waals surface area (Å²) >= 11 is 1.86. The molecule has 3 heteroatoms. The van der Waals surface area contributed by atoms with Crippen molar-refractivity contribution in [3.63, 3.8) is 0 Å². The Bertz CT molecular complexity index is 521. The van der Waals surface area contributed by atoms with Gasteiger partial charge in [-0.25, -0.2) is 0 Å². The lowest BCUT2D eigenvalue weighted by molar-refractivity contribution is 0.205. The second kappa shape index (κ2) is 7.02. The van der Waals surface area contributed by atoms with Crippen molar-refractivity contribution in [1.29, 1.82) is 0 Å². The van der Waals surface area contributed by atoms with Gasteiger partial charge in [0.05, 0.1) is 6.04 Å². The van der Waals surface area contributed by atoms with Gasteiger partial charge in [0.1, 0.15) is 0 Å². The third kappa shape index (κ3) is 3.69. The number of nitrogens with zero attached hydrogens (tertiary/aromatic N) is 1. The Hall–Kier alpha value is -1.16. The number of aryl methyl sites for hydroxylation is 1. The number of rotatable bonds is 6. The molecule has 0 aliphatic heterocycles. The third-order valence-electron chi connectivity index (χ3n) is 3.68. The second-order valence-electron chi connectivity index (χ2n) is 5.37. The van der Waals surface area contributed by atoms with Crippen LogP contribution in [-0.2, 0) is 6.54 Å². The molecule has 0 saturated carbocycles. The Balaban J connectivity index is 2.18. The number of benzene rings is 1. The highest BCUT2D eigenvalue weighted by Gasteiger charge is 2.24. The zero-order chi connectivity index (χ0) is 14.5. The number of thiophene rings is 1. The summed E-state index contributed by atoms with van der Waals surface area (Å²) in [6, 6.07) is 15.4. The molecule has 108 valence electrons. The molecule has 0 saturated heterocycles. The fourth-order valence-electron chi connectivity index (χ4n) is 2.56. The predicted molar refractivity (Wildman–Crippen MR) is 88.0 cm³/mol. The highest BCUT2D eigenvalue weighted by Crippen LogP contribution is 2.30. The van der Waals surface area contributed by atoms with Crippen LogP contribution >= 0.6 is 11.3 Å². The molecule has 0 radical (unpaired) electrons. The topological polar surface area (TPSA) is 29.3 Å². The molecule has 2 unspecified atom stereocenters. The Morgan fingerprint density at radius 2 is 1.85 bits per heavy atom. The molecule has 1 heterocycles. The first kappa shape index (κ1) is 15.2. The van der Waals surface area contributed by atoms with Crippen LogP contribution in [0.25, 0.3) is 0 Å². The standard InChI is InChI=1S/C17H24N2S/c1-4-15(18)17(16-11-10-13(2)20-16)19(3)12-14-8-6-5-7-9-14/h5-11,15,17H,4,12,18H2,1-3H3. The van der Waals surface area contributed by atoms with Gasteiger partial charge in [-0.2, -0.15) is 0 Å². The van der Waals surface area contributed by atoms with E-state index in [1.807, 2.05) is 11.3 Å². The Morgan fingerprint density at radius 3 is 2.40 bits per heavy atom. The van der Waals surface area contributed by atoms with Gasteiger partial charge < -0.3 is 5.73 Å². The van der Waals surface area contributed by atoms with Crippen molar-refractivity contribution in [2.24, 2.45) is 5.73 Å². The van der Waals surface area contributed by atoms with Crippen molar-refractivity contribution in [2.75, 3.05) is 7.05 Å². The van der Waals surface area contributed by atoms with Crippen LogP contribution in [0.4, 0.5) is 0 Å². The van der Waals surface area contributed by atoms with Gasteiger partial charge in [0, 0.05) is 22.3 Å². The van der Waals surface area contributed by atoms with Crippen molar-refractivity contribution >= 4 is 11.3 Å². The molecular formula is C17H24N2S. The monoisotopic (exact) mass is 288 g/mol.